The highest BCUT2D eigenvalue weighted by Gasteiger charge is 2.45. The Labute approximate surface area is 172 Å². The highest BCUT2D eigenvalue weighted by Crippen LogP contribution is 2.55. The van der Waals surface area contributed by atoms with Crippen LogP contribution in [0.2, 0.25) is 0 Å². The maximum Gasteiger partial charge on any atom is -0.0246 e. The van der Waals surface area contributed by atoms with Crippen LogP contribution in [0.15, 0.2) is 0 Å². The molecule has 2 aliphatic rings. The van der Waals surface area contributed by atoms with Crippen LogP contribution in [-0.2, 0) is 0 Å². The third-order valence-electron chi connectivity index (χ3n) is 8.72. The van der Waals surface area contributed by atoms with Crippen molar-refractivity contribution in [2.75, 3.05) is 0 Å². The van der Waals surface area contributed by atoms with Gasteiger partial charge in [-0.2, -0.15) is 0 Å². The van der Waals surface area contributed by atoms with Gasteiger partial charge >= 0.3 is 0 Å². The molecule has 0 aliphatic heterocycles. The van der Waals surface area contributed by atoms with E-state index in [1.807, 2.05) is 0 Å². The second kappa shape index (κ2) is 12.5. The van der Waals surface area contributed by atoms with Crippen molar-refractivity contribution < 1.29 is 0 Å². The Kier molecular flexibility index (Phi) is 10.8. The summed E-state index contributed by atoms with van der Waals surface area (Å²) in [5, 5.41) is 0. The van der Waals surface area contributed by atoms with Gasteiger partial charge in [-0.3, -0.25) is 0 Å². The van der Waals surface area contributed by atoms with Crippen LogP contribution < -0.4 is 0 Å². The quantitative estimate of drug-likeness (QED) is 0.333. The van der Waals surface area contributed by atoms with Crippen molar-refractivity contribution in [1.82, 2.24) is 0 Å². The molecule has 0 bridgehead atoms. The van der Waals surface area contributed by atoms with Crippen LogP contribution in [0, 0.1) is 29.1 Å². The highest BCUT2D eigenvalue weighted by atomic mass is 14.5. The standard InChI is InChI=1S/C27H52/c1-5-8-10-15-19-26-22-25-21-24(25)18-14-12-11-13-17-23(4)27(26,7-3)20-16-9-6-2/h23-26H,5-22H2,1-4H3. The summed E-state index contributed by atoms with van der Waals surface area (Å²) in [5.74, 6) is 4.17. The number of rotatable bonds is 10. The number of unbranched alkanes of at least 4 members (excludes halogenated alkanes) is 5. The summed E-state index contributed by atoms with van der Waals surface area (Å²) < 4.78 is 0. The topological polar surface area (TPSA) is 0 Å². The molecule has 0 aromatic carbocycles. The van der Waals surface area contributed by atoms with Gasteiger partial charge in [0.15, 0.2) is 0 Å². The van der Waals surface area contributed by atoms with Crippen molar-refractivity contribution in [2.24, 2.45) is 29.1 Å². The predicted molar refractivity (Wildman–Crippen MR) is 122 cm³/mol. The molecule has 2 aliphatic carbocycles. The van der Waals surface area contributed by atoms with E-state index < -0.39 is 0 Å². The summed E-state index contributed by atoms with van der Waals surface area (Å²) in [4.78, 5) is 0. The highest BCUT2D eigenvalue weighted by molar-refractivity contribution is 4.95. The molecule has 0 amide bonds. The van der Waals surface area contributed by atoms with Crippen LogP contribution in [0.25, 0.3) is 0 Å². The van der Waals surface area contributed by atoms with Gasteiger partial charge in [-0.1, -0.05) is 111 Å². The van der Waals surface area contributed by atoms with E-state index in [9.17, 15) is 0 Å². The number of hydrogen-bond donors (Lipinski definition) is 0. The van der Waals surface area contributed by atoms with E-state index >= 15 is 0 Å². The van der Waals surface area contributed by atoms with Crippen molar-refractivity contribution >= 4 is 0 Å². The zero-order valence-electron chi connectivity index (χ0n) is 19.5. The van der Waals surface area contributed by atoms with Crippen LogP contribution >= 0.6 is 0 Å². The summed E-state index contributed by atoms with van der Waals surface area (Å²) in [5.41, 5.74) is 0.647. The fourth-order valence-electron chi connectivity index (χ4n) is 6.64. The van der Waals surface area contributed by atoms with Gasteiger partial charge < -0.3 is 0 Å². The molecule has 0 nitrogen and oxygen atoms in total. The molecular weight excluding hydrogens is 324 g/mol. The Hall–Kier alpha value is 0. The number of hydrogen-bond acceptors (Lipinski definition) is 0. The van der Waals surface area contributed by atoms with E-state index in [2.05, 4.69) is 27.7 Å². The third-order valence-corrected chi connectivity index (χ3v) is 8.72. The fourth-order valence-corrected chi connectivity index (χ4v) is 6.64. The molecule has 0 heteroatoms. The second-order valence-electron chi connectivity index (χ2n) is 10.5. The minimum atomic E-state index is 0.647. The SMILES string of the molecule is CCCCCCC1CC2CC2CCCCCCC(C)C1(CC)CCCCC. The van der Waals surface area contributed by atoms with Gasteiger partial charge in [-0.25, -0.2) is 0 Å². The summed E-state index contributed by atoms with van der Waals surface area (Å²) in [6.45, 7) is 9.94. The molecule has 0 radical (unpaired) electrons. The lowest BCUT2D eigenvalue weighted by atomic mass is 9.59. The van der Waals surface area contributed by atoms with Gasteiger partial charge in [0.2, 0.25) is 0 Å². The zero-order valence-corrected chi connectivity index (χ0v) is 19.5. The third kappa shape index (κ3) is 7.08. The molecule has 160 valence electrons. The first-order chi connectivity index (χ1) is 13.2. The molecule has 0 aromatic heterocycles. The lowest BCUT2D eigenvalue weighted by molar-refractivity contribution is 0.0337. The van der Waals surface area contributed by atoms with E-state index in [1.54, 1.807) is 19.3 Å². The summed E-state index contributed by atoms with van der Waals surface area (Å²) in [6, 6.07) is 0. The molecule has 2 saturated carbocycles. The van der Waals surface area contributed by atoms with E-state index in [0.29, 0.717) is 5.41 Å². The largest absolute Gasteiger partial charge is 0.0654 e. The van der Waals surface area contributed by atoms with Gasteiger partial charge in [-0.05, 0) is 61.2 Å². The monoisotopic (exact) mass is 376 g/mol. The first-order valence-corrected chi connectivity index (χ1v) is 13.2. The first kappa shape index (κ1) is 23.3. The lowest BCUT2D eigenvalue weighted by Crippen LogP contribution is -2.37. The fraction of sp³-hybridized carbons (Fsp3) is 1.00. The number of fused-ring (bicyclic) bond motifs is 1. The van der Waals surface area contributed by atoms with Crippen LogP contribution in [0.4, 0.5) is 0 Å². The minimum Gasteiger partial charge on any atom is -0.0654 e. The summed E-state index contributed by atoms with van der Waals surface area (Å²) >= 11 is 0. The molecule has 2 fully saturated rings. The maximum absolute atomic E-state index is 2.66. The van der Waals surface area contributed by atoms with Gasteiger partial charge in [0.1, 0.15) is 0 Å². The van der Waals surface area contributed by atoms with Gasteiger partial charge in [0.05, 0.1) is 0 Å². The average Bonchev–Trinajstić information content (AvgIpc) is 3.41. The lowest BCUT2D eigenvalue weighted by Gasteiger charge is -2.46. The molecule has 2 rings (SSSR count). The van der Waals surface area contributed by atoms with Gasteiger partial charge in [-0.15, -0.1) is 0 Å². The van der Waals surface area contributed by atoms with Crippen LogP contribution in [0.3, 0.4) is 0 Å². The molecule has 0 heterocycles. The molecule has 0 spiro atoms. The van der Waals surface area contributed by atoms with E-state index in [4.69, 9.17) is 0 Å². The Bertz CT molecular complexity index is 372. The Morgan fingerprint density at radius 3 is 2.11 bits per heavy atom. The van der Waals surface area contributed by atoms with Crippen LogP contribution in [0.1, 0.15) is 143 Å². The Balaban J connectivity index is 2.14. The molecule has 5 atom stereocenters. The van der Waals surface area contributed by atoms with Crippen molar-refractivity contribution in [2.45, 2.75) is 143 Å². The smallest absolute Gasteiger partial charge is 0.0246 e. The van der Waals surface area contributed by atoms with Crippen molar-refractivity contribution in [1.29, 1.82) is 0 Å². The molecular formula is C27H52. The van der Waals surface area contributed by atoms with E-state index in [1.165, 1.54) is 96.3 Å². The predicted octanol–water partition coefficient (Wildman–Crippen LogP) is 9.57. The first-order valence-electron chi connectivity index (χ1n) is 13.2. The molecule has 27 heavy (non-hydrogen) atoms. The average molecular weight is 377 g/mol. The van der Waals surface area contributed by atoms with Crippen molar-refractivity contribution in [3.8, 4) is 0 Å². The summed E-state index contributed by atoms with van der Waals surface area (Å²) in [7, 11) is 0. The molecule has 5 unspecified atom stereocenters. The maximum atomic E-state index is 2.66. The minimum absolute atomic E-state index is 0.647. The van der Waals surface area contributed by atoms with Gasteiger partial charge in [0, 0.05) is 0 Å². The van der Waals surface area contributed by atoms with E-state index in [-0.39, 0.29) is 0 Å². The summed E-state index contributed by atoms with van der Waals surface area (Å²) in [6.07, 6.45) is 26.8. The van der Waals surface area contributed by atoms with Crippen molar-refractivity contribution in [3.05, 3.63) is 0 Å². The normalized spacial score (nSPS) is 35.1. The van der Waals surface area contributed by atoms with Gasteiger partial charge in [0.25, 0.3) is 0 Å². The molecule has 0 aromatic rings. The Morgan fingerprint density at radius 1 is 0.704 bits per heavy atom. The zero-order chi connectivity index (χ0) is 19.5. The second-order valence-corrected chi connectivity index (χ2v) is 10.5. The van der Waals surface area contributed by atoms with Crippen molar-refractivity contribution in [3.63, 3.8) is 0 Å². The Morgan fingerprint density at radius 2 is 1.41 bits per heavy atom. The van der Waals surface area contributed by atoms with E-state index in [0.717, 1.165) is 23.7 Å². The molecule has 0 N–H and O–H groups in total. The molecule has 0 saturated heterocycles. The van der Waals surface area contributed by atoms with Crippen LogP contribution in [-0.4, -0.2) is 0 Å². The van der Waals surface area contributed by atoms with Crippen LogP contribution in [0.5, 0.6) is 0 Å².